The molecule has 3 rings (SSSR count). The number of ether oxygens (including phenoxy) is 1. The molecule has 1 unspecified atom stereocenters. The van der Waals surface area contributed by atoms with Crippen molar-refractivity contribution in [2.75, 3.05) is 20.2 Å². The summed E-state index contributed by atoms with van der Waals surface area (Å²) in [7, 11) is 1.76. The molecule has 1 aliphatic rings. The van der Waals surface area contributed by atoms with Crippen molar-refractivity contribution in [3.05, 3.63) is 72.9 Å². The third kappa shape index (κ3) is 7.03. The second-order valence-corrected chi connectivity index (χ2v) is 8.11. The molecule has 0 spiro atoms. The van der Waals surface area contributed by atoms with Crippen molar-refractivity contribution in [2.24, 2.45) is 22.2 Å². The van der Waals surface area contributed by atoms with Gasteiger partial charge in [-0.3, -0.25) is 9.48 Å². The Hall–Kier alpha value is -4.45. The Balaban J connectivity index is 1.63. The van der Waals surface area contributed by atoms with Crippen LogP contribution in [0.25, 0.3) is 17.0 Å². The number of rotatable bonds is 11. The molecule has 190 valence electrons. The summed E-state index contributed by atoms with van der Waals surface area (Å²) in [5.74, 6) is 0.571. The van der Waals surface area contributed by atoms with Crippen LogP contribution in [0.15, 0.2) is 76.6 Å². The Morgan fingerprint density at radius 2 is 2.14 bits per heavy atom. The first kappa shape index (κ1) is 26.2. The fourth-order valence-corrected chi connectivity index (χ4v) is 3.35. The molecule has 1 amide bonds. The van der Waals surface area contributed by atoms with Crippen molar-refractivity contribution in [2.45, 2.75) is 25.5 Å². The van der Waals surface area contributed by atoms with E-state index in [4.69, 9.17) is 26.5 Å². The minimum atomic E-state index is -0.0724. The molecule has 12 heteroatoms. The van der Waals surface area contributed by atoms with Crippen LogP contribution in [0.2, 0.25) is 0 Å². The Bertz CT molecular complexity index is 1210. The van der Waals surface area contributed by atoms with Crippen LogP contribution in [-0.2, 0) is 16.1 Å². The van der Waals surface area contributed by atoms with Gasteiger partial charge in [0.05, 0.1) is 17.9 Å². The molecule has 0 aliphatic carbocycles. The number of aromatic nitrogens is 4. The van der Waals surface area contributed by atoms with Crippen molar-refractivity contribution in [3.8, 4) is 11.5 Å². The number of aliphatic imine (C=N–C) groups is 1. The Morgan fingerprint density at radius 1 is 1.33 bits per heavy atom. The van der Waals surface area contributed by atoms with Gasteiger partial charge in [0.2, 0.25) is 11.7 Å². The quantitative estimate of drug-likeness (QED) is 0.308. The van der Waals surface area contributed by atoms with E-state index in [1.165, 1.54) is 23.3 Å². The first-order valence-electron chi connectivity index (χ1n) is 11.2. The monoisotopic (exact) mass is 493 g/mol. The normalized spacial score (nSPS) is 16.8. The highest BCUT2D eigenvalue weighted by Crippen LogP contribution is 2.21. The van der Waals surface area contributed by atoms with Gasteiger partial charge in [-0.25, -0.2) is 4.99 Å². The minimum absolute atomic E-state index is 0.0724. The Morgan fingerprint density at radius 3 is 2.81 bits per heavy atom. The molecule has 1 atom stereocenters. The summed E-state index contributed by atoms with van der Waals surface area (Å²) in [6, 6.07) is 0. The molecule has 1 aliphatic heterocycles. The zero-order valence-electron chi connectivity index (χ0n) is 20.2. The van der Waals surface area contributed by atoms with Gasteiger partial charge in [0.25, 0.3) is 5.89 Å². The van der Waals surface area contributed by atoms with Gasteiger partial charge in [0.1, 0.15) is 12.4 Å². The molecule has 0 radical (unpaired) electrons. The van der Waals surface area contributed by atoms with E-state index in [1.54, 1.807) is 36.5 Å². The van der Waals surface area contributed by atoms with E-state index >= 15 is 0 Å². The summed E-state index contributed by atoms with van der Waals surface area (Å²) in [6.45, 7) is 8.84. The average molecular weight is 494 g/mol. The molecule has 1 saturated heterocycles. The van der Waals surface area contributed by atoms with Gasteiger partial charge in [-0.05, 0) is 24.5 Å². The highest BCUT2D eigenvalue weighted by atomic mass is 16.5. The van der Waals surface area contributed by atoms with Gasteiger partial charge in [-0.15, -0.1) is 0 Å². The first-order valence-corrected chi connectivity index (χ1v) is 11.2. The van der Waals surface area contributed by atoms with Crippen molar-refractivity contribution in [1.82, 2.24) is 24.8 Å². The lowest BCUT2D eigenvalue weighted by atomic mass is 10.1. The Kier molecular flexibility index (Phi) is 8.95. The molecule has 12 nitrogen and oxygen atoms in total. The van der Waals surface area contributed by atoms with Crippen LogP contribution in [-0.4, -0.2) is 63.2 Å². The summed E-state index contributed by atoms with van der Waals surface area (Å²) in [6.07, 6.45) is 12.8. The molecule has 36 heavy (non-hydrogen) atoms. The second kappa shape index (κ2) is 12.3. The first-order chi connectivity index (χ1) is 17.3. The van der Waals surface area contributed by atoms with Gasteiger partial charge in [-0.2, -0.15) is 10.1 Å². The summed E-state index contributed by atoms with van der Waals surface area (Å²) < 4.78 is 12.5. The van der Waals surface area contributed by atoms with Crippen LogP contribution in [0, 0.1) is 0 Å². The number of nitrogens with zero attached hydrogens (tertiary/aromatic N) is 6. The van der Waals surface area contributed by atoms with Crippen molar-refractivity contribution in [3.63, 3.8) is 0 Å². The van der Waals surface area contributed by atoms with Crippen LogP contribution in [0.1, 0.15) is 18.7 Å². The highest BCUT2D eigenvalue weighted by molar-refractivity contribution is 5.86. The fraction of sp³-hybridized carbons (Fsp3) is 0.292. The Labute approximate surface area is 209 Å². The molecule has 1 fully saturated rings. The smallest absolute Gasteiger partial charge is 0.261 e. The molecular weight excluding hydrogens is 462 g/mol. The lowest BCUT2D eigenvalue weighted by molar-refractivity contribution is -0.132. The molecule has 2 aromatic heterocycles. The third-order valence-electron chi connectivity index (χ3n) is 5.35. The van der Waals surface area contributed by atoms with Crippen molar-refractivity contribution in [1.29, 1.82) is 0 Å². The van der Waals surface area contributed by atoms with Gasteiger partial charge in [0, 0.05) is 56.2 Å². The number of carbonyl (C=O) groups excluding carboxylic acids is 1. The minimum Gasteiger partial charge on any atom is -0.404 e. The lowest BCUT2D eigenvalue weighted by Crippen LogP contribution is -2.36. The standard InChI is InChI=1S/C24H31N9O3/c1-16(19(10-26)11-28-17(2)27)6-7-18(9-25)23-30-24(36-31-23)20-12-29-33(13-20)15-22(34)32(3)14-21-5-4-8-35-21/h6-7,9-13,21H,1-2,4-5,8,14-15,25-27H2,3H3/b7-6-,18-9+,19-10+,28-11?. The van der Waals surface area contributed by atoms with Crippen LogP contribution in [0.3, 0.4) is 0 Å². The number of hydrogen-bond donors (Lipinski definition) is 3. The summed E-state index contributed by atoms with van der Waals surface area (Å²) in [5, 5.41) is 8.23. The predicted molar refractivity (Wildman–Crippen MR) is 137 cm³/mol. The zero-order chi connectivity index (χ0) is 26.1. The molecule has 0 aromatic carbocycles. The molecule has 6 N–H and O–H groups in total. The van der Waals surface area contributed by atoms with Gasteiger partial charge in [-0.1, -0.05) is 24.4 Å². The van der Waals surface area contributed by atoms with E-state index < -0.39 is 0 Å². The number of amides is 1. The molecule has 0 bridgehead atoms. The van der Waals surface area contributed by atoms with E-state index in [9.17, 15) is 4.79 Å². The largest absolute Gasteiger partial charge is 0.404 e. The molecule has 2 aromatic rings. The molecule has 0 saturated carbocycles. The van der Waals surface area contributed by atoms with Crippen molar-refractivity contribution < 1.29 is 14.1 Å². The van der Waals surface area contributed by atoms with E-state index in [1.807, 2.05) is 0 Å². The third-order valence-corrected chi connectivity index (χ3v) is 5.35. The van der Waals surface area contributed by atoms with Crippen LogP contribution >= 0.6 is 0 Å². The van der Waals surface area contributed by atoms with Crippen LogP contribution < -0.4 is 17.2 Å². The molecule has 3 heterocycles. The van der Waals surface area contributed by atoms with Crippen LogP contribution in [0.4, 0.5) is 0 Å². The van der Waals surface area contributed by atoms with Gasteiger partial charge in [0.15, 0.2) is 0 Å². The number of carbonyl (C=O) groups is 1. The molecular formula is C24H31N9O3. The number of likely N-dealkylation sites (N-methyl/N-ethyl adjacent to an activating group) is 1. The zero-order valence-corrected chi connectivity index (χ0v) is 20.2. The maximum Gasteiger partial charge on any atom is 0.261 e. The van der Waals surface area contributed by atoms with E-state index in [-0.39, 0.29) is 36.1 Å². The number of nitrogens with two attached hydrogens (primary N) is 3. The lowest BCUT2D eigenvalue weighted by Gasteiger charge is -2.20. The van der Waals surface area contributed by atoms with Gasteiger partial charge < -0.3 is 31.4 Å². The average Bonchev–Trinajstić information content (AvgIpc) is 3.62. The summed E-state index contributed by atoms with van der Waals surface area (Å²) in [5.41, 5.74) is 19.0. The topological polar surface area (TPSA) is 177 Å². The van der Waals surface area contributed by atoms with E-state index in [0.717, 1.165) is 19.4 Å². The maximum absolute atomic E-state index is 12.5. The number of allylic oxidation sites excluding steroid dienone is 5. The SMILES string of the molecule is C=C(N)N=C/C(=C\N)C(=C)/C=C\C(=C/N)c1noc(-c2cnn(CC(=O)N(C)CC3CCCO3)c2)n1. The van der Waals surface area contributed by atoms with Crippen LogP contribution in [0.5, 0.6) is 0 Å². The van der Waals surface area contributed by atoms with E-state index in [0.29, 0.717) is 28.8 Å². The number of hydrogen-bond acceptors (Lipinski definition) is 10. The second-order valence-electron chi connectivity index (χ2n) is 8.11. The summed E-state index contributed by atoms with van der Waals surface area (Å²) >= 11 is 0. The van der Waals surface area contributed by atoms with Gasteiger partial charge >= 0.3 is 0 Å². The van der Waals surface area contributed by atoms with Crippen molar-refractivity contribution >= 4 is 17.7 Å². The highest BCUT2D eigenvalue weighted by Gasteiger charge is 2.21. The summed E-state index contributed by atoms with van der Waals surface area (Å²) in [4.78, 5) is 22.5. The fourth-order valence-electron chi connectivity index (χ4n) is 3.35. The van der Waals surface area contributed by atoms with E-state index in [2.05, 4.69) is 33.4 Å². The maximum atomic E-state index is 12.5. The predicted octanol–water partition coefficient (Wildman–Crippen LogP) is 1.33.